The van der Waals surface area contributed by atoms with E-state index in [1.807, 2.05) is 12.1 Å². The van der Waals surface area contributed by atoms with Crippen LogP contribution in [0.1, 0.15) is 10.5 Å². The minimum atomic E-state index is -0.328. The molecule has 1 amide bonds. The molecule has 0 aliphatic carbocycles. The Labute approximate surface area is 131 Å². The monoisotopic (exact) mass is 316 g/mol. The van der Waals surface area contributed by atoms with Crippen molar-refractivity contribution in [1.82, 2.24) is 15.2 Å². The number of methoxy groups -OCH3 is 1. The summed E-state index contributed by atoms with van der Waals surface area (Å²) >= 11 is 5.94. The van der Waals surface area contributed by atoms with Gasteiger partial charge in [0.1, 0.15) is 17.1 Å². The highest BCUT2D eigenvalue weighted by Gasteiger charge is 2.14. The zero-order valence-corrected chi connectivity index (χ0v) is 12.4. The Hall–Kier alpha value is -2.73. The molecule has 0 saturated heterocycles. The number of rotatable bonds is 4. The number of aromatic nitrogens is 3. The topological polar surface area (TPSA) is 82.8 Å². The van der Waals surface area contributed by atoms with Crippen LogP contribution in [-0.4, -0.2) is 28.2 Å². The predicted octanol–water partition coefficient (Wildman–Crippen LogP) is 3.32. The Morgan fingerprint density at radius 3 is 2.91 bits per heavy atom. The van der Waals surface area contributed by atoms with Gasteiger partial charge in [0.15, 0.2) is 0 Å². The maximum absolute atomic E-state index is 12.3. The lowest BCUT2D eigenvalue weighted by Gasteiger charge is -2.09. The lowest BCUT2D eigenvalue weighted by molar-refractivity contribution is 0.102. The minimum absolute atomic E-state index is 0.328. The van der Waals surface area contributed by atoms with Gasteiger partial charge in [-0.2, -0.15) is 5.10 Å². The summed E-state index contributed by atoms with van der Waals surface area (Å²) in [6.45, 7) is 0. The Bertz CT molecular complexity index is 796. The molecule has 22 heavy (non-hydrogen) atoms. The molecule has 0 atom stereocenters. The standard InChI is InChI=1S/C15H13ClN4O2/c1-22-14-5-4-9(16)7-12(14)18-15(21)13-8-11(19-20-13)10-3-2-6-17-10/h2-8,17H,1H3,(H,18,21)(H,19,20). The third-order valence-corrected chi connectivity index (χ3v) is 3.34. The first-order valence-electron chi connectivity index (χ1n) is 6.51. The third-order valence-electron chi connectivity index (χ3n) is 3.11. The number of carbonyl (C=O) groups excluding carboxylic acids is 1. The molecule has 7 heteroatoms. The Morgan fingerprint density at radius 1 is 1.32 bits per heavy atom. The van der Waals surface area contributed by atoms with Crippen molar-refractivity contribution in [3.8, 4) is 17.1 Å². The van der Waals surface area contributed by atoms with Gasteiger partial charge in [0.05, 0.1) is 18.5 Å². The van der Waals surface area contributed by atoms with Crippen molar-refractivity contribution in [3.63, 3.8) is 0 Å². The number of carbonyl (C=O) groups is 1. The zero-order valence-electron chi connectivity index (χ0n) is 11.7. The summed E-state index contributed by atoms with van der Waals surface area (Å²) in [6, 6.07) is 10.4. The van der Waals surface area contributed by atoms with Gasteiger partial charge in [0.2, 0.25) is 0 Å². The summed E-state index contributed by atoms with van der Waals surface area (Å²) in [4.78, 5) is 15.3. The van der Waals surface area contributed by atoms with Crippen LogP contribution >= 0.6 is 11.6 Å². The molecule has 0 saturated carbocycles. The number of halogens is 1. The molecule has 0 fully saturated rings. The van der Waals surface area contributed by atoms with E-state index < -0.39 is 0 Å². The Balaban J connectivity index is 1.82. The second-order valence-electron chi connectivity index (χ2n) is 4.55. The van der Waals surface area contributed by atoms with E-state index in [0.29, 0.717) is 27.8 Å². The highest BCUT2D eigenvalue weighted by Crippen LogP contribution is 2.28. The summed E-state index contributed by atoms with van der Waals surface area (Å²) < 4.78 is 5.20. The first-order chi connectivity index (χ1) is 10.7. The van der Waals surface area contributed by atoms with Crippen LogP contribution in [0.3, 0.4) is 0 Å². The predicted molar refractivity (Wildman–Crippen MR) is 84.3 cm³/mol. The number of nitrogens with zero attached hydrogens (tertiary/aromatic N) is 1. The molecule has 0 aliphatic heterocycles. The molecule has 6 nitrogen and oxygen atoms in total. The van der Waals surface area contributed by atoms with E-state index in [9.17, 15) is 4.79 Å². The molecular formula is C15H13ClN4O2. The lowest BCUT2D eigenvalue weighted by atomic mass is 10.2. The van der Waals surface area contributed by atoms with Gasteiger partial charge in [-0.05, 0) is 36.4 Å². The van der Waals surface area contributed by atoms with Crippen LogP contribution in [0.5, 0.6) is 5.75 Å². The van der Waals surface area contributed by atoms with Gasteiger partial charge in [-0.25, -0.2) is 0 Å². The summed E-state index contributed by atoms with van der Waals surface area (Å²) in [7, 11) is 1.53. The van der Waals surface area contributed by atoms with Crippen molar-refractivity contribution in [2.75, 3.05) is 12.4 Å². The van der Waals surface area contributed by atoms with Gasteiger partial charge in [0.25, 0.3) is 5.91 Å². The summed E-state index contributed by atoms with van der Waals surface area (Å²) in [5.41, 5.74) is 2.33. The molecule has 2 heterocycles. The Morgan fingerprint density at radius 2 is 2.18 bits per heavy atom. The van der Waals surface area contributed by atoms with E-state index in [-0.39, 0.29) is 5.91 Å². The van der Waals surface area contributed by atoms with Crippen LogP contribution < -0.4 is 10.1 Å². The van der Waals surface area contributed by atoms with E-state index in [0.717, 1.165) is 5.69 Å². The fourth-order valence-electron chi connectivity index (χ4n) is 2.03. The second-order valence-corrected chi connectivity index (χ2v) is 4.99. The number of aromatic amines is 2. The number of hydrogen-bond acceptors (Lipinski definition) is 3. The van der Waals surface area contributed by atoms with Crippen molar-refractivity contribution < 1.29 is 9.53 Å². The number of amides is 1. The molecule has 3 N–H and O–H groups in total. The first-order valence-corrected chi connectivity index (χ1v) is 6.89. The van der Waals surface area contributed by atoms with Gasteiger partial charge in [-0.15, -0.1) is 0 Å². The van der Waals surface area contributed by atoms with E-state index in [1.165, 1.54) is 7.11 Å². The lowest BCUT2D eigenvalue weighted by Crippen LogP contribution is -2.13. The van der Waals surface area contributed by atoms with Gasteiger partial charge >= 0.3 is 0 Å². The van der Waals surface area contributed by atoms with Gasteiger partial charge < -0.3 is 15.0 Å². The average molecular weight is 317 g/mol. The van der Waals surface area contributed by atoms with Crippen LogP contribution in [-0.2, 0) is 0 Å². The highest BCUT2D eigenvalue weighted by atomic mass is 35.5. The van der Waals surface area contributed by atoms with E-state index in [4.69, 9.17) is 16.3 Å². The van der Waals surface area contributed by atoms with Crippen molar-refractivity contribution in [1.29, 1.82) is 0 Å². The number of benzene rings is 1. The molecule has 0 spiro atoms. The third kappa shape index (κ3) is 2.82. The average Bonchev–Trinajstić information content (AvgIpc) is 3.18. The second kappa shape index (κ2) is 5.95. The van der Waals surface area contributed by atoms with Crippen LogP contribution in [0.2, 0.25) is 5.02 Å². The number of ether oxygens (including phenoxy) is 1. The zero-order chi connectivity index (χ0) is 15.5. The normalized spacial score (nSPS) is 10.5. The maximum atomic E-state index is 12.3. The quantitative estimate of drug-likeness (QED) is 0.690. The number of hydrogen-bond donors (Lipinski definition) is 3. The van der Waals surface area contributed by atoms with E-state index in [2.05, 4.69) is 20.5 Å². The van der Waals surface area contributed by atoms with Crippen molar-refractivity contribution in [3.05, 3.63) is 53.3 Å². The molecule has 2 aromatic heterocycles. The Kier molecular flexibility index (Phi) is 3.84. The van der Waals surface area contributed by atoms with E-state index in [1.54, 1.807) is 30.5 Å². The molecular weight excluding hydrogens is 304 g/mol. The van der Waals surface area contributed by atoms with Crippen molar-refractivity contribution >= 4 is 23.2 Å². The van der Waals surface area contributed by atoms with E-state index >= 15 is 0 Å². The molecule has 3 aromatic rings. The van der Waals surface area contributed by atoms with Crippen LogP contribution in [0, 0.1) is 0 Å². The van der Waals surface area contributed by atoms with Crippen molar-refractivity contribution in [2.45, 2.75) is 0 Å². The number of anilines is 1. The number of H-pyrrole nitrogens is 2. The summed E-state index contributed by atoms with van der Waals surface area (Å²) in [5, 5.41) is 10.1. The molecule has 0 radical (unpaired) electrons. The fraction of sp³-hybridized carbons (Fsp3) is 0.0667. The highest BCUT2D eigenvalue weighted by molar-refractivity contribution is 6.31. The minimum Gasteiger partial charge on any atom is -0.495 e. The SMILES string of the molecule is COc1ccc(Cl)cc1NC(=O)c1cc(-c2ccc[nH]2)n[nH]1. The summed E-state index contributed by atoms with van der Waals surface area (Å²) in [6.07, 6.45) is 1.79. The molecule has 0 aliphatic rings. The molecule has 3 rings (SSSR count). The van der Waals surface area contributed by atoms with Gasteiger partial charge in [-0.3, -0.25) is 9.89 Å². The smallest absolute Gasteiger partial charge is 0.273 e. The first kappa shape index (κ1) is 14.2. The number of nitrogens with one attached hydrogen (secondary N) is 3. The molecule has 0 unspecified atom stereocenters. The van der Waals surface area contributed by atoms with Gasteiger partial charge in [-0.1, -0.05) is 11.6 Å². The van der Waals surface area contributed by atoms with Gasteiger partial charge in [0, 0.05) is 11.2 Å². The summed E-state index contributed by atoms with van der Waals surface area (Å²) in [5.74, 6) is 0.202. The van der Waals surface area contributed by atoms with Crippen LogP contribution in [0.15, 0.2) is 42.6 Å². The van der Waals surface area contributed by atoms with Crippen LogP contribution in [0.4, 0.5) is 5.69 Å². The van der Waals surface area contributed by atoms with Crippen molar-refractivity contribution in [2.24, 2.45) is 0 Å². The fourth-order valence-corrected chi connectivity index (χ4v) is 2.21. The largest absolute Gasteiger partial charge is 0.495 e. The molecule has 1 aromatic carbocycles. The molecule has 112 valence electrons. The maximum Gasteiger partial charge on any atom is 0.273 e. The molecule has 0 bridgehead atoms. The van der Waals surface area contributed by atoms with Crippen LogP contribution in [0.25, 0.3) is 11.4 Å².